The number of carbonyl (C=O) groups is 1. The summed E-state index contributed by atoms with van der Waals surface area (Å²) in [7, 11) is 0. The Kier molecular flexibility index (Phi) is 8.35. The Bertz CT molecular complexity index is 1120. The average molecular weight is 505 g/mol. The van der Waals surface area contributed by atoms with Gasteiger partial charge < -0.3 is 15.6 Å². The number of carboxylic acid groups (broad SMARTS) is 1. The number of carboxylic acids is 1. The molecule has 0 heterocycles. The Balaban J connectivity index is 2.42. The minimum atomic E-state index is -4.95. The summed E-state index contributed by atoms with van der Waals surface area (Å²) < 4.78 is 85.8. The van der Waals surface area contributed by atoms with Gasteiger partial charge in [0.05, 0.1) is 10.4 Å². The van der Waals surface area contributed by atoms with Crippen molar-refractivity contribution in [2.45, 2.75) is 39.0 Å². The minimum absolute atomic E-state index is 0.235. The van der Waals surface area contributed by atoms with Crippen LogP contribution in [0.25, 0.3) is 0 Å². The number of halogens is 6. The van der Waals surface area contributed by atoms with Crippen molar-refractivity contribution in [2.24, 2.45) is 5.73 Å². The molecule has 0 atom stereocenters. The lowest BCUT2D eigenvalue weighted by Gasteiger charge is -2.19. The molecule has 0 spiro atoms. The Hall–Kier alpha value is -3.08. The van der Waals surface area contributed by atoms with E-state index in [1.807, 2.05) is 0 Å². The highest BCUT2D eigenvalue weighted by atomic mass is 32.1. The van der Waals surface area contributed by atoms with Gasteiger partial charge in [-0.3, -0.25) is 4.79 Å². The van der Waals surface area contributed by atoms with Crippen LogP contribution in [0.2, 0.25) is 0 Å². The fourth-order valence-electron chi connectivity index (χ4n) is 3.19. The maximum absolute atomic E-state index is 13.5. The first-order chi connectivity index (χ1) is 15.6. The van der Waals surface area contributed by atoms with Crippen molar-refractivity contribution in [2.75, 3.05) is 6.61 Å². The molecule has 2 rings (SSSR count). The number of rotatable bonds is 8. The molecule has 184 valence electrons. The number of thiocarbonyl (C=S) groups is 1. The molecule has 2 aromatic carbocycles. The molecule has 0 aliphatic rings. The molecule has 0 bridgehead atoms. The number of allylic oxidation sites excluding steroid dienone is 1. The molecule has 2 aromatic rings. The van der Waals surface area contributed by atoms with Crippen LogP contribution in [0.3, 0.4) is 0 Å². The Morgan fingerprint density at radius 1 is 1.06 bits per heavy atom. The van der Waals surface area contributed by atoms with Gasteiger partial charge in [-0.2, -0.15) is 26.3 Å². The van der Waals surface area contributed by atoms with Gasteiger partial charge in [-0.25, -0.2) is 0 Å². The average Bonchev–Trinajstić information content (AvgIpc) is 2.71. The van der Waals surface area contributed by atoms with Crippen LogP contribution in [-0.4, -0.2) is 28.7 Å². The van der Waals surface area contributed by atoms with Crippen LogP contribution in [0.5, 0.6) is 5.75 Å². The van der Waals surface area contributed by atoms with Gasteiger partial charge in [-0.1, -0.05) is 42.0 Å². The third-order valence-electron chi connectivity index (χ3n) is 4.91. The Morgan fingerprint density at radius 2 is 1.71 bits per heavy atom. The third-order valence-corrected chi connectivity index (χ3v) is 5.38. The molecule has 0 saturated carbocycles. The van der Waals surface area contributed by atoms with E-state index in [4.69, 9.17) is 27.8 Å². The van der Waals surface area contributed by atoms with Crippen LogP contribution >= 0.6 is 12.2 Å². The first kappa shape index (κ1) is 27.2. The molecule has 0 amide bonds. The van der Waals surface area contributed by atoms with Crippen molar-refractivity contribution in [1.82, 2.24) is 0 Å². The van der Waals surface area contributed by atoms with E-state index in [1.165, 1.54) is 6.07 Å². The van der Waals surface area contributed by atoms with Crippen molar-refractivity contribution < 1.29 is 41.0 Å². The molecular formula is C23H21F6NO3S. The summed E-state index contributed by atoms with van der Waals surface area (Å²) in [6.45, 7) is 2.62. The lowest BCUT2D eigenvalue weighted by molar-refractivity contribution is -0.140. The molecule has 0 radical (unpaired) electrons. The van der Waals surface area contributed by atoms with E-state index in [1.54, 1.807) is 26.0 Å². The summed E-state index contributed by atoms with van der Waals surface area (Å²) in [5, 5.41) is 8.74. The predicted molar refractivity (Wildman–Crippen MR) is 118 cm³/mol. The van der Waals surface area contributed by atoms with E-state index in [2.05, 4.69) is 0 Å². The van der Waals surface area contributed by atoms with E-state index < -0.39 is 48.2 Å². The fourth-order valence-corrected chi connectivity index (χ4v) is 3.59. The second-order valence-electron chi connectivity index (χ2n) is 7.54. The van der Waals surface area contributed by atoms with E-state index in [0.717, 1.165) is 17.7 Å². The fraction of sp³-hybridized carbons (Fsp3) is 0.304. The summed E-state index contributed by atoms with van der Waals surface area (Å²) in [5.41, 5.74) is 3.57. The lowest BCUT2D eigenvalue weighted by atomic mass is 9.97. The monoisotopic (exact) mass is 505 g/mol. The van der Waals surface area contributed by atoms with Gasteiger partial charge in [0.1, 0.15) is 18.1 Å². The van der Waals surface area contributed by atoms with Crippen LogP contribution in [-0.2, 0) is 17.4 Å². The highest BCUT2D eigenvalue weighted by molar-refractivity contribution is 7.81. The van der Waals surface area contributed by atoms with Gasteiger partial charge in [-0.15, -0.1) is 0 Å². The van der Waals surface area contributed by atoms with Crippen LogP contribution in [0.15, 0.2) is 47.7 Å². The van der Waals surface area contributed by atoms with Gasteiger partial charge in [0, 0.05) is 12.0 Å². The van der Waals surface area contributed by atoms with Gasteiger partial charge in [0.25, 0.3) is 0 Å². The molecular weight excluding hydrogens is 484 g/mol. The van der Waals surface area contributed by atoms with E-state index in [9.17, 15) is 31.1 Å². The zero-order chi connectivity index (χ0) is 25.8. The van der Waals surface area contributed by atoms with Crippen LogP contribution in [0.1, 0.15) is 34.2 Å². The molecule has 4 nitrogen and oxygen atoms in total. The largest absolute Gasteiger partial charge is 0.489 e. The molecule has 0 aromatic heterocycles. The SMILES string of the molecule is Cc1ccc(C(=S)C(COc2ccc(CCC(=O)O)c(C(F)(F)F)c2)=C(N)C(F)(F)F)c(C)c1. The van der Waals surface area contributed by atoms with Crippen molar-refractivity contribution in [3.63, 3.8) is 0 Å². The summed E-state index contributed by atoms with van der Waals surface area (Å²) >= 11 is 5.24. The standard InChI is InChI=1S/C23H21F6NO3S/c1-12-3-7-16(13(2)9-12)20(34)17(21(30)23(27,28)29)11-33-15-6-4-14(5-8-19(31)32)18(10-15)22(24,25)26/h3-4,6-7,9-10H,5,8,11,30H2,1-2H3,(H,31,32). The van der Waals surface area contributed by atoms with Crippen molar-refractivity contribution in [3.8, 4) is 5.75 Å². The number of aliphatic carboxylic acids is 1. The normalized spacial score (nSPS) is 12.8. The predicted octanol–water partition coefficient (Wildman–Crippen LogP) is 5.91. The van der Waals surface area contributed by atoms with Crippen molar-refractivity contribution in [3.05, 3.63) is 75.5 Å². The molecule has 0 aliphatic carbocycles. The van der Waals surface area contributed by atoms with Crippen LogP contribution in [0, 0.1) is 13.8 Å². The third kappa shape index (κ3) is 6.96. The molecule has 0 fully saturated rings. The molecule has 34 heavy (non-hydrogen) atoms. The number of aryl methyl sites for hydroxylation is 3. The molecule has 11 heteroatoms. The maximum Gasteiger partial charge on any atom is 0.431 e. The van der Waals surface area contributed by atoms with Gasteiger partial charge in [-0.05, 0) is 49.1 Å². The lowest BCUT2D eigenvalue weighted by Crippen LogP contribution is -2.27. The summed E-state index contributed by atoms with van der Waals surface area (Å²) in [4.78, 5) is 10.5. The highest BCUT2D eigenvalue weighted by Gasteiger charge is 2.36. The highest BCUT2D eigenvalue weighted by Crippen LogP contribution is 2.35. The number of alkyl halides is 6. The maximum atomic E-state index is 13.5. The molecule has 0 aliphatic heterocycles. The number of ether oxygens (including phenoxy) is 1. The van der Waals surface area contributed by atoms with Gasteiger partial charge >= 0.3 is 18.3 Å². The number of nitrogens with two attached hydrogens (primary N) is 1. The second kappa shape index (κ2) is 10.5. The second-order valence-corrected chi connectivity index (χ2v) is 7.94. The first-order valence-corrected chi connectivity index (χ1v) is 10.2. The Morgan fingerprint density at radius 3 is 2.24 bits per heavy atom. The van der Waals surface area contributed by atoms with E-state index in [-0.39, 0.29) is 22.6 Å². The summed E-state index contributed by atoms with van der Waals surface area (Å²) in [6.07, 6.45) is -10.7. The minimum Gasteiger partial charge on any atom is -0.489 e. The first-order valence-electron chi connectivity index (χ1n) is 9.83. The number of benzene rings is 2. The van der Waals surface area contributed by atoms with E-state index in [0.29, 0.717) is 17.2 Å². The van der Waals surface area contributed by atoms with Crippen LogP contribution < -0.4 is 10.5 Å². The zero-order valence-corrected chi connectivity index (χ0v) is 18.9. The van der Waals surface area contributed by atoms with Gasteiger partial charge in [0.2, 0.25) is 0 Å². The molecule has 3 N–H and O–H groups in total. The Labute approximate surface area is 197 Å². The number of hydrogen-bond acceptors (Lipinski definition) is 4. The van der Waals surface area contributed by atoms with Crippen molar-refractivity contribution >= 4 is 23.1 Å². The number of hydrogen-bond donors (Lipinski definition) is 2. The van der Waals surface area contributed by atoms with E-state index >= 15 is 0 Å². The van der Waals surface area contributed by atoms with Crippen molar-refractivity contribution in [1.29, 1.82) is 0 Å². The zero-order valence-electron chi connectivity index (χ0n) is 18.1. The van der Waals surface area contributed by atoms with Crippen LogP contribution in [0.4, 0.5) is 26.3 Å². The quantitative estimate of drug-likeness (QED) is 0.202. The van der Waals surface area contributed by atoms with Gasteiger partial charge in [0.15, 0.2) is 0 Å². The molecule has 0 saturated heterocycles. The topological polar surface area (TPSA) is 72.5 Å². The summed E-state index contributed by atoms with van der Waals surface area (Å²) in [5.74, 6) is -1.65. The smallest absolute Gasteiger partial charge is 0.431 e. The summed E-state index contributed by atoms with van der Waals surface area (Å²) in [6, 6.07) is 7.67. The molecule has 0 unspecified atom stereocenters.